The molecule has 1 aromatic carbocycles. The Morgan fingerprint density at radius 1 is 1.06 bits per heavy atom. The summed E-state index contributed by atoms with van der Waals surface area (Å²) in [4.78, 5) is 24.8. The Bertz CT molecular complexity index is 1100. The normalized spacial score (nSPS) is 13.2. The van der Waals surface area contributed by atoms with Gasteiger partial charge in [-0.15, -0.1) is 0 Å². The number of amides is 1. The molecule has 4 rings (SSSR count). The minimum atomic E-state index is -2.63. The Morgan fingerprint density at radius 2 is 1.76 bits per heavy atom. The standard InChI is InChI=1S/C23H23F3N6O/c24-20-22(29-10-15-3-1-14(2-4-15)9-19(27)33)30-13-31-23(20)32(17-6-7-17)12-16-5-8-18(21(25)26)28-11-16/h1-5,8,11,13,17,21H,6-7,9-10,12H2,(H2,27,33)(H,29,30,31). The van der Waals surface area contributed by atoms with E-state index in [1.165, 1.54) is 18.6 Å². The summed E-state index contributed by atoms with van der Waals surface area (Å²) in [5, 5.41) is 2.99. The molecule has 1 amide bonds. The molecule has 10 heteroatoms. The number of alkyl halides is 2. The van der Waals surface area contributed by atoms with Crippen LogP contribution >= 0.6 is 0 Å². The lowest BCUT2D eigenvalue weighted by molar-refractivity contribution is -0.117. The number of rotatable bonds is 10. The van der Waals surface area contributed by atoms with E-state index in [0.29, 0.717) is 18.7 Å². The van der Waals surface area contributed by atoms with Crippen LogP contribution in [-0.2, 0) is 24.3 Å². The topological polar surface area (TPSA) is 97.0 Å². The van der Waals surface area contributed by atoms with E-state index in [2.05, 4.69) is 20.3 Å². The lowest BCUT2D eigenvalue weighted by Crippen LogP contribution is -2.27. The Labute approximate surface area is 188 Å². The molecular weight excluding hydrogens is 433 g/mol. The van der Waals surface area contributed by atoms with E-state index in [0.717, 1.165) is 24.0 Å². The van der Waals surface area contributed by atoms with Crippen LogP contribution in [0.1, 0.15) is 41.7 Å². The number of primary amides is 1. The average Bonchev–Trinajstić information content (AvgIpc) is 3.63. The van der Waals surface area contributed by atoms with Crippen LogP contribution < -0.4 is 16.0 Å². The van der Waals surface area contributed by atoms with E-state index >= 15 is 4.39 Å². The van der Waals surface area contributed by atoms with Crippen molar-refractivity contribution in [2.24, 2.45) is 5.73 Å². The molecule has 2 aromatic heterocycles. The highest BCUT2D eigenvalue weighted by Gasteiger charge is 2.32. The molecule has 1 fully saturated rings. The van der Waals surface area contributed by atoms with Crippen LogP contribution in [-0.4, -0.2) is 26.9 Å². The molecule has 0 aliphatic heterocycles. The zero-order valence-electron chi connectivity index (χ0n) is 17.7. The number of hydrogen-bond donors (Lipinski definition) is 2. The predicted molar refractivity (Wildman–Crippen MR) is 117 cm³/mol. The number of aromatic nitrogens is 3. The van der Waals surface area contributed by atoms with E-state index < -0.39 is 18.1 Å². The second-order valence-corrected chi connectivity index (χ2v) is 7.92. The number of halogens is 3. The first-order valence-corrected chi connectivity index (χ1v) is 10.5. The highest BCUT2D eigenvalue weighted by molar-refractivity contribution is 5.76. The van der Waals surface area contributed by atoms with Gasteiger partial charge < -0.3 is 16.0 Å². The number of carbonyl (C=O) groups excluding carboxylic acids is 1. The quantitative estimate of drug-likeness (QED) is 0.482. The highest BCUT2D eigenvalue weighted by Crippen LogP contribution is 2.34. The summed E-state index contributed by atoms with van der Waals surface area (Å²) in [6.45, 7) is 0.628. The summed E-state index contributed by atoms with van der Waals surface area (Å²) in [5.74, 6) is -0.757. The first-order valence-electron chi connectivity index (χ1n) is 10.5. The SMILES string of the molecule is NC(=O)Cc1ccc(CNc2ncnc(N(Cc3ccc(C(F)F)nc3)C3CC3)c2F)cc1. The molecule has 3 N–H and O–H groups in total. The van der Waals surface area contributed by atoms with Crippen LogP contribution in [0.2, 0.25) is 0 Å². The van der Waals surface area contributed by atoms with Gasteiger partial charge in [-0.05, 0) is 35.6 Å². The van der Waals surface area contributed by atoms with Crippen LogP contribution in [0.4, 0.5) is 24.8 Å². The Kier molecular flexibility index (Phi) is 6.71. The van der Waals surface area contributed by atoms with Gasteiger partial charge in [0.2, 0.25) is 11.7 Å². The summed E-state index contributed by atoms with van der Waals surface area (Å²) in [7, 11) is 0. The van der Waals surface area contributed by atoms with E-state index in [4.69, 9.17) is 5.73 Å². The lowest BCUT2D eigenvalue weighted by Gasteiger charge is -2.24. The van der Waals surface area contributed by atoms with Crippen molar-refractivity contribution < 1.29 is 18.0 Å². The average molecular weight is 456 g/mol. The Hall–Kier alpha value is -3.69. The lowest BCUT2D eigenvalue weighted by atomic mass is 10.1. The minimum absolute atomic E-state index is 0.0676. The predicted octanol–water partition coefficient (Wildman–Crippen LogP) is 3.76. The number of nitrogens with two attached hydrogens (primary N) is 1. The van der Waals surface area contributed by atoms with Crippen LogP contribution in [0.3, 0.4) is 0 Å². The van der Waals surface area contributed by atoms with Crippen LogP contribution in [0.5, 0.6) is 0 Å². The molecule has 0 bridgehead atoms. The van der Waals surface area contributed by atoms with Crippen molar-refractivity contribution in [2.45, 2.75) is 44.8 Å². The van der Waals surface area contributed by atoms with E-state index in [9.17, 15) is 13.6 Å². The molecule has 1 aliphatic carbocycles. The molecule has 0 unspecified atom stereocenters. The van der Waals surface area contributed by atoms with Gasteiger partial charge in [-0.1, -0.05) is 30.3 Å². The Morgan fingerprint density at radius 3 is 2.36 bits per heavy atom. The van der Waals surface area contributed by atoms with E-state index in [1.54, 1.807) is 18.2 Å². The van der Waals surface area contributed by atoms with Gasteiger partial charge in [0.15, 0.2) is 11.6 Å². The van der Waals surface area contributed by atoms with E-state index in [-0.39, 0.29) is 29.8 Å². The number of benzene rings is 1. The fraction of sp³-hybridized carbons (Fsp3) is 0.304. The maximum Gasteiger partial charge on any atom is 0.280 e. The van der Waals surface area contributed by atoms with Gasteiger partial charge in [0.1, 0.15) is 12.0 Å². The number of pyridine rings is 1. The van der Waals surface area contributed by atoms with Crippen molar-refractivity contribution in [1.29, 1.82) is 0 Å². The zero-order chi connectivity index (χ0) is 23.4. The molecule has 33 heavy (non-hydrogen) atoms. The third-order valence-corrected chi connectivity index (χ3v) is 5.32. The minimum Gasteiger partial charge on any atom is -0.369 e. The number of carbonyl (C=O) groups is 1. The molecule has 0 spiro atoms. The third kappa shape index (κ3) is 5.76. The van der Waals surface area contributed by atoms with Crippen molar-refractivity contribution in [3.8, 4) is 0 Å². The van der Waals surface area contributed by atoms with E-state index in [1.807, 2.05) is 17.0 Å². The van der Waals surface area contributed by atoms with Crippen molar-refractivity contribution in [3.63, 3.8) is 0 Å². The first kappa shape index (κ1) is 22.5. The van der Waals surface area contributed by atoms with Crippen LogP contribution in [0.25, 0.3) is 0 Å². The summed E-state index contributed by atoms with van der Waals surface area (Å²) in [6.07, 6.45) is 2.00. The number of hydrogen-bond acceptors (Lipinski definition) is 6. The second kappa shape index (κ2) is 9.85. The van der Waals surface area contributed by atoms with Gasteiger partial charge in [-0.3, -0.25) is 9.78 Å². The third-order valence-electron chi connectivity index (χ3n) is 5.32. The maximum absolute atomic E-state index is 15.3. The molecule has 1 aliphatic rings. The van der Waals surface area contributed by atoms with Gasteiger partial charge in [-0.2, -0.15) is 4.39 Å². The first-order chi connectivity index (χ1) is 15.9. The molecule has 0 radical (unpaired) electrons. The monoisotopic (exact) mass is 456 g/mol. The molecule has 0 atom stereocenters. The van der Waals surface area contributed by atoms with Crippen molar-refractivity contribution in [3.05, 3.63) is 77.1 Å². The van der Waals surface area contributed by atoms with Crippen LogP contribution in [0.15, 0.2) is 48.9 Å². The molecule has 0 saturated heterocycles. The Balaban J connectivity index is 1.47. The summed E-state index contributed by atoms with van der Waals surface area (Å²) in [6, 6.07) is 10.2. The molecule has 7 nitrogen and oxygen atoms in total. The molecule has 2 heterocycles. The van der Waals surface area contributed by atoms with Gasteiger partial charge in [0.05, 0.1) is 6.42 Å². The van der Waals surface area contributed by atoms with Gasteiger partial charge in [0.25, 0.3) is 6.43 Å². The summed E-state index contributed by atoms with van der Waals surface area (Å²) in [5.41, 5.74) is 7.28. The summed E-state index contributed by atoms with van der Waals surface area (Å²) >= 11 is 0. The molecular formula is C23H23F3N6O. The van der Waals surface area contributed by atoms with Crippen molar-refractivity contribution in [1.82, 2.24) is 15.0 Å². The molecule has 172 valence electrons. The smallest absolute Gasteiger partial charge is 0.280 e. The van der Waals surface area contributed by atoms with Gasteiger partial charge >= 0.3 is 0 Å². The molecule has 3 aromatic rings. The molecule has 1 saturated carbocycles. The highest BCUT2D eigenvalue weighted by atomic mass is 19.3. The number of anilines is 2. The van der Waals surface area contributed by atoms with Crippen molar-refractivity contribution in [2.75, 3.05) is 10.2 Å². The van der Waals surface area contributed by atoms with Crippen molar-refractivity contribution >= 4 is 17.5 Å². The number of nitrogens with zero attached hydrogens (tertiary/aromatic N) is 4. The maximum atomic E-state index is 15.3. The van der Waals surface area contributed by atoms with Gasteiger partial charge in [-0.25, -0.2) is 18.7 Å². The second-order valence-electron chi connectivity index (χ2n) is 7.92. The number of nitrogens with one attached hydrogen (secondary N) is 1. The zero-order valence-corrected chi connectivity index (χ0v) is 17.7. The van der Waals surface area contributed by atoms with Crippen LogP contribution in [0, 0.1) is 5.82 Å². The summed E-state index contributed by atoms with van der Waals surface area (Å²) < 4.78 is 40.8. The van der Waals surface area contributed by atoms with Gasteiger partial charge in [0, 0.05) is 25.3 Å². The largest absolute Gasteiger partial charge is 0.369 e. The fourth-order valence-corrected chi connectivity index (χ4v) is 3.46. The fourth-order valence-electron chi connectivity index (χ4n) is 3.46.